The van der Waals surface area contributed by atoms with Crippen molar-refractivity contribution >= 4 is 45.8 Å². The summed E-state index contributed by atoms with van der Waals surface area (Å²) < 4.78 is 10.9. The second-order valence-corrected chi connectivity index (χ2v) is 10.2. The largest absolute Gasteiger partial charge is 0.459 e. The second-order valence-electron chi connectivity index (χ2n) is 9.27. The van der Waals surface area contributed by atoms with Gasteiger partial charge in [0.1, 0.15) is 11.3 Å². The molecular weight excluding hydrogens is 490 g/mol. The van der Waals surface area contributed by atoms with Gasteiger partial charge in [0.15, 0.2) is 5.76 Å². The lowest BCUT2D eigenvalue weighted by atomic mass is 9.97. The molecule has 190 valence electrons. The van der Waals surface area contributed by atoms with Crippen molar-refractivity contribution in [3.05, 3.63) is 82.0 Å². The van der Waals surface area contributed by atoms with E-state index in [9.17, 15) is 14.4 Å². The van der Waals surface area contributed by atoms with E-state index >= 15 is 0 Å². The van der Waals surface area contributed by atoms with Crippen LogP contribution in [0.5, 0.6) is 0 Å². The molecule has 1 N–H and O–H groups in total. The van der Waals surface area contributed by atoms with Crippen LogP contribution in [0.2, 0.25) is 0 Å². The lowest BCUT2D eigenvalue weighted by molar-refractivity contribution is 0.0377. The molecule has 5 rings (SSSR count). The minimum Gasteiger partial charge on any atom is -0.459 e. The molecule has 1 aliphatic rings. The number of aromatic nitrogens is 1. The van der Waals surface area contributed by atoms with Crippen LogP contribution in [0.3, 0.4) is 0 Å². The maximum Gasteiger partial charge on any atom is 0.338 e. The molecule has 4 aromatic rings. The zero-order valence-electron chi connectivity index (χ0n) is 20.6. The number of nitrogens with zero attached hydrogens (tertiary/aromatic N) is 2. The number of esters is 1. The van der Waals surface area contributed by atoms with E-state index in [4.69, 9.17) is 9.15 Å². The number of anilines is 1. The average Bonchev–Trinajstić information content (AvgIpc) is 3.56. The number of thiazole rings is 1. The van der Waals surface area contributed by atoms with Gasteiger partial charge in [-0.2, -0.15) is 0 Å². The summed E-state index contributed by atoms with van der Waals surface area (Å²) in [4.78, 5) is 44.0. The number of benzene rings is 2. The third-order valence-corrected chi connectivity index (χ3v) is 7.25. The number of amides is 2. The van der Waals surface area contributed by atoms with Crippen molar-refractivity contribution in [2.24, 2.45) is 0 Å². The Labute approximate surface area is 218 Å². The smallest absolute Gasteiger partial charge is 0.338 e. The Morgan fingerprint density at radius 1 is 1.08 bits per heavy atom. The van der Waals surface area contributed by atoms with Crippen LogP contribution in [0.1, 0.15) is 69.0 Å². The van der Waals surface area contributed by atoms with E-state index in [1.54, 1.807) is 49.6 Å². The van der Waals surface area contributed by atoms with Gasteiger partial charge in [-0.3, -0.25) is 9.59 Å². The van der Waals surface area contributed by atoms with E-state index in [0.717, 1.165) is 23.2 Å². The predicted molar refractivity (Wildman–Crippen MR) is 141 cm³/mol. The normalized spacial score (nSPS) is 14.2. The van der Waals surface area contributed by atoms with Crippen LogP contribution in [-0.4, -0.2) is 46.9 Å². The molecular formula is C28H27N3O5S. The Balaban J connectivity index is 1.16. The number of nitrogens with one attached hydrogen (secondary N) is 1. The van der Waals surface area contributed by atoms with E-state index in [-0.39, 0.29) is 23.8 Å². The van der Waals surface area contributed by atoms with Gasteiger partial charge < -0.3 is 19.4 Å². The lowest BCUT2D eigenvalue weighted by Crippen LogP contribution is -2.37. The molecule has 1 aliphatic heterocycles. The Hall–Kier alpha value is -3.98. The van der Waals surface area contributed by atoms with Crippen molar-refractivity contribution in [2.45, 2.75) is 38.7 Å². The molecule has 3 heterocycles. The molecule has 8 nitrogen and oxygen atoms in total. The van der Waals surface area contributed by atoms with Gasteiger partial charge in [0.05, 0.1) is 16.7 Å². The quantitative estimate of drug-likeness (QED) is 0.328. The van der Waals surface area contributed by atoms with E-state index in [1.807, 2.05) is 29.2 Å². The summed E-state index contributed by atoms with van der Waals surface area (Å²) in [6.07, 6.45) is 1.35. The lowest BCUT2D eigenvalue weighted by Gasteiger charge is -2.30. The van der Waals surface area contributed by atoms with Crippen LogP contribution in [0.4, 0.5) is 5.69 Å². The SMILES string of the molecule is CC(C)OC(=O)c1ccc(NC(=O)c2csc(C3CCN(C(=O)c4cc5ccccc5o4)CC3)n2)cc1. The fourth-order valence-electron chi connectivity index (χ4n) is 4.32. The van der Waals surface area contributed by atoms with Crippen LogP contribution >= 0.6 is 11.3 Å². The van der Waals surface area contributed by atoms with Crippen molar-refractivity contribution in [1.82, 2.24) is 9.88 Å². The Bertz CT molecular complexity index is 1400. The third-order valence-electron chi connectivity index (χ3n) is 6.24. The molecule has 2 aromatic carbocycles. The number of carbonyl (C=O) groups is 3. The van der Waals surface area contributed by atoms with Crippen LogP contribution in [0.15, 0.2) is 64.4 Å². The second kappa shape index (κ2) is 10.6. The van der Waals surface area contributed by atoms with Crippen LogP contribution < -0.4 is 5.32 Å². The Morgan fingerprint density at radius 3 is 2.51 bits per heavy atom. The highest BCUT2D eigenvalue weighted by molar-refractivity contribution is 7.10. The summed E-state index contributed by atoms with van der Waals surface area (Å²) in [5, 5.41) is 6.39. The number of hydrogen-bond donors (Lipinski definition) is 1. The molecule has 1 saturated heterocycles. The number of rotatable bonds is 6. The number of carbonyl (C=O) groups excluding carboxylic acids is 3. The standard InChI is InChI=1S/C28H27N3O5S/c1-17(2)35-28(34)19-7-9-21(10-8-19)29-25(32)22-16-37-26(30-22)18-11-13-31(14-12-18)27(33)24-15-20-5-3-4-6-23(20)36-24/h3-10,15-18H,11-14H2,1-2H3,(H,29,32). The zero-order chi connectivity index (χ0) is 25.9. The van der Waals surface area contributed by atoms with Crippen LogP contribution in [0.25, 0.3) is 11.0 Å². The van der Waals surface area contributed by atoms with Crippen LogP contribution in [0, 0.1) is 0 Å². The molecule has 37 heavy (non-hydrogen) atoms. The molecule has 0 aliphatic carbocycles. The van der Waals surface area contributed by atoms with Crippen molar-refractivity contribution in [2.75, 3.05) is 18.4 Å². The highest BCUT2D eigenvalue weighted by atomic mass is 32.1. The topological polar surface area (TPSA) is 102 Å². The summed E-state index contributed by atoms with van der Waals surface area (Å²) in [5.41, 5.74) is 2.05. The van der Waals surface area contributed by atoms with Crippen LogP contribution in [-0.2, 0) is 4.74 Å². The van der Waals surface area contributed by atoms with Gasteiger partial charge in [-0.15, -0.1) is 11.3 Å². The summed E-state index contributed by atoms with van der Waals surface area (Å²) in [7, 11) is 0. The van der Waals surface area contributed by atoms with Gasteiger partial charge in [-0.25, -0.2) is 9.78 Å². The average molecular weight is 518 g/mol. The van der Waals surface area contributed by atoms with E-state index in [1.165, 1.54) is 11.3 Å². The predicted octanol–water partition coefficient (Wildman–Crippen LogP) is 5.73. The van der Waals surface area contributed by atoms with E-state index < -0.39 is 5.97 Å². The molecule has 1 fully saturated rings. The minimum absolute atomic E-state index is 0.0997. The fourth-order valence-corrected chi connectivity index (χ4v) is 5.29. The third kappa shape index (κ3) is 5.56. The van der Waals surface area contributed by atoms with E-state index in [2.05, 4.69) is 10.3 Å². The fraction of sp³-hybridized carbons (Fsp3) is 0.286. The summed E-state index contributed by atoms with van der Waals surface area (Å²) >= 11 is 1.46. The molecule has 2 amide bonds. The monoisotopic (exact) mass is 517 g/mol. The molecule has 0 saturated carbocycles. The molecule has 0 radical (unpaired) electrons. The first-order valence-electron chi connectivity index (χ1n) is 12.2. The zero-order valence-corrected chi connectivity index (χ0v) is 21.4. The number of furan rings is 1. The molecule has 2 aromatic heterocycles. The highest BCUT2D eigenvalue weighted by Gasteiger charge is 2.28. The number of hydrogen-bond acceptors (Lipinski definition) is 7. The molecule has 0 spiro atoms. The van der Waals surface area contributed by atoms with Gasteiger partial charge in [-0.1, -0.05) is 18.2 Å². The molecule has 0 bridgehead atoms. The van der Waals surface area contributed by atoms with Gasteiger partial charge in [-0.05, 0) is 63.1 Å². The maximum absolute atomic E-state index is 12.9. The van der Waals surface area contributed by atoms with Crippen molar-refractivity contribution in [3.63, 3.8) is 0 Å². The van der Waals surface area contributed by atoms with Gasteiger partial charge in [0, 0.05) is 35.5 Å². The van der Waals surface area contributed by atoms with Gasteiger partial charge >= 0.3 is 5.97 Å². The molecule has 0 atom stereocenters. The van der Waals surface area contributed by atoms with E-state index in [0.29, 0.717) is 41.4 Å². The first-order valence-corrected chi connectivity index (χ1v) is 13.1. The number of ether oxygens (including phenoxy) is 1. The minimum atomic E-state index is -0.401. The number of para-hydroxylation sites is 1. The Morgan fingerprint density at radius 2 is 1.81 bits per heavy atom. The summed E-state index contributed by atoms with van der Waals surface area (Å²) in [5.74, 6) is -0.257. The van der Waals surface area contributed by atoms with Gasteiger partial charge in [0.25, 0.3) is 11.8 Å². The number of piperidine rings is 1. The summed E-state index contributed by atoms with van der Waals surface area (Å²) in [6, 6.07) is 15.9. The first kappa shape index (κ1) is 24.7. The maximum atomic E-state index is 12.9. The summed E-state index contributed by atoms with van der Waals surface area (Å²) in [6.45, 7) is 4.79. The van der Waals surface area contributed by atoms with Gasteiger partial charge in [0.2, 0.25) is 0 Å². The number of likely N-dealkylation sites (tertiary alicyclic amines) is 1. The Kier molecular flexibility index (Phi) is 7.05. The molecule has 0 unspecified atom stereocenters. The highest BCUT2D eigenvalue weighted by Crippen LogP contribution is 2.31. The first-order chi connectivity index (χ1) is 17.9. The van der Waals surface area contributed by atoms with Crippen molar-refractivity contribution < 1.29 is 23.5 Å². The number of fused-ring (bicyclic) bond motifs is 1. The van der Waals surface area contributed by atoms with Crippen molar-refractivity contribution in [1.29, 1.82) is 0 Å². The van der Waals surface area contributed by atoms with Crippen molar-refractivity contribution in [3.8, 4) is 0 Å². The molecule has 9 heteroatoms.